The van der Waals surface area contributed by atoms with Gasteiger partial charge in [-0.25, -0.2) is 4.98 Å². The number of hydrogen-bond donors (Lipinski definition) is 0. The van der Waals surface area contributed by atoms with Crippen LogP contribution in [0, 0.1) is 0 Å². The minimum atomic E-state index is 0.561. The van der Waals surface area contributed by atoms with Crippen LogP contribution in [0.5, 0.6) is 0 Å². The van der Waals surface area contributed by atoms with E-state index in [1.54, 1.807) is 0 Å². The van der Waals surface area contributed by atoms with Gasteiger partial charge in [0.05, 0.1) is 27.8 Å². The molecule has 0 fully saturated rings. The first-order valence-corrected chi connectivity index (χ1v) is 19.7. The van der Waals surface area contributed by atoms with Crippen molar-refractivity contribution < 1.29 is 4.42 Å². The number of nitrogens with zero attached hydrogens (tertiary/aromatic N) is 3. The summed E-state index contributed by atoms with van der Waals surface area (Å²) >= 11 is 0. The van der Waals surface area contributed by atoms with Crippen LogP contribution in [0.25, 0.3) is 116 Å². The number of benzene rings is 9. The maximum absolute atomic E-state index is 6.80. The van der Waals surface area contributed by atoms with Gasteiger partial charge in [-0.05, 0) is 80.9 Å². The Hall–Kier alpha value is -7.82. The third-order valence-electron chi connectivity index (χ3n) is 11.6. The Morgan fingerprint density at radius 2 is 0.966 bits per heavy atom. The smallest absolute Gasteiger partial charge is 0.231 e. The Morgan fingerprint density at radius 1 is 0.379 bits per heavy atom. The van der Waals surface area contributed by atoms with Crippen LogP contribution in [0.2, 0.25) is 0 Å². The summed E-state index contributed by atoms with van der Waals surface area (Å²) in [6.07, 6.45) is 0. The first kappa shape index (κ1) is 32.4. The Labute approximate surface area is 333 Å². The third-order valence-corrected chi connectivity index (χ3v) is 11.6. The molecule has 0 radical (unpaired) electrons. The molecule has 0 atom stereocenters. The highest BCUT2D eigenvalue weighted by Crippen LogP contribution is 2.44. The van der Waals surface area contributed by atoms with Gasteiger partial charge in [0.2, 0.25) is 5.71 Å². The van der Waals surface area contributed by atoms with Crippen molar-refractivity contribution >= 4 is 65.4 Å². The topological polar surface area (TPSA) is 43.9 Å². The third kappa shape index (κ3) is 5.02. The number of rotatable bonds is 5. The Morgan fingerprint density at radius 3 is 1.69 bits per heavy atom. The summed E-state index contributed by atoms with van der Waals surface area (Å²) in [5, 5.41) is 8.99. The van der Waals surface area contributed by atoms with Crippen molar-refractivity contribution in [3.63, 3.8) is 0 Å². The second kappa shape index (κ2) is 12.9. The molecular formula is C54H33N3O. The molecule has 12 aromatic rings. The van der Waals surface area contributed by atoms with Crippen LogP contribution < -0.4 is 0 Å². The van der Waals surface area contributed by atoms with Gasteiger partial charge in [-0.3, -0.25) is 0 Å². The van der Waals surface area contributed by atoms with Crippen molar-refractivity contribution in [2.75, 3.05) is 0 Å². The molecule has 4 nitrogen and oxygen atoms in total. The van der Waals surface area contributed by atoms with Crippen molar-refractivity contribution in [1.29, 1.82) is 0 Å². The fourth-order valence-electron chi connectivity index (χ4n) is 8.95. The lowest BCUT2D eigenvalue weighted by Gasteiger charge is -2.15. The molecule has 3 aromatic heterocycles. The highest BCUT2D eigenvalue weighted by molar-refractivity contribution is 6.16. The molecular weight excluding hydrogens is 707 g/mol. The molecule has 0 saturated heterocycles. The van der Waals surface area contributed by atoms with E-state index in [0.29, 0.717) is 11.5 Å². The predicted molar refractivity (Wildman–Crippen MR) is 240 cm³/mol. The molecule has 0 unspecified atom stereocenters. The van der Waals surface area contributed by atoms with Crippen LogP contribution in [0.3, 0.4) is 0 Å². The normalized spacial score (nSPS) is 11.8. The lowest BCUT2D eigenvalue weighted by molar-refractivity contribution is 0.654. The fraction of sp³-hybridized carbons (Fsp3) is 0. The van der Waals surface area contributed by atoms with E-state index in [1.807, 2.05) is 6.07 Å². The zero-order valence-electron chi connectivity index (χ0n) is 31.3. The van der Waals surface area contributed by atoms with Gasteiger partial charge in [0.15, 0.2) is 5.82 Å². The van der Waals surface area contributed by atoms with Crippen molar-refractivity contribution in [2.24, 2.45) is 0 Å². The molecule has 0 bridgehead atoms. The van der Waals surface area contributed by atoms with E-state index >= 15 is 0 Å². The van der Waals surface area contributed by atoms with E-state index in [-0.39, 0.29) is 0 Å². The zero-order valence-corrected chi connectivity index (χ0v) is 31.3. The molecule has 58 heavy (non-hydrogen) atoms. The van der Waals surface area contributed by atoms with Gasteiger partial charge in [0, 0.05) is 32.7 Å². The van der Waals surface area contributed by atoms with E-state index in [0.717, 1.165) is 71.9 Å². The fourth-order valence-corrected chi connectivity index (χ4v) is 8.95. The second-order valence-electron chi connectivity index (χ2n) is 14.9. The molecule has 0 saturated carbocycles. The molecule has 3 heterocycles. The molecule has 0 aliphatic rings. The molecule has 270 valence electrons. The zero-order chi connectivity index (χ0) is 38.2. The molecule has 12 rings (SSSR count). The summed E-state index contributed by atoms with van der Waals surface area (Å²) in [4.78, 5) is 10.7. The molecule has 4 heteroatoms. The Balaban J connectivity index is 1.12. The summed E-state index contributed by atoms with van der Waals surface area (Å²) in [6.45, 7) is 0. The van der Waals surface area contributed by atoms with Crippen LogP contribution in [0.1, 0.15) is 0 Å². The average molecular weight is 740 g/mol. The molecule has 0 N–H and O–H groups in total. The highest BCUT2D eigenvalue weighted by atomic mass is 16.3. The number of aromatic nitrogens is 3. The quantitative estimate of drug-likeness (QED) is 0.177. The minimum absolute atomic E-state index is 0.561. The van der Waals surface area contributed by atoms with Crippen LogP contribution in [0.15, 0.2) is 205 Å². The number of furan rings is 1. The van der Waals surface area contributed by atoms with Gasteiger partial charge >= 0.3 is 0 Å². The van der Waals surface area contributed by atoms with Crippen LogP contribution in [0.4, 0.5) is 0 Å². The van der Waals surface area contributed by atoms with Gasteiger partial charge in [-0.15, -0.1) is 0 Å². The second-order valence-corrected chi connectivity index (χ2v) is 14.9. The summed E-state index contributed by atoms with van der Waals surface area (Å²) in [6, 6.07) is 70.9. The Kier molecular flexibility index (Phi) is 7.20. The molecule has 0 aliphatic carbocycles. The highest BCUT2D eigenvalue weighted by Gasteiger charge is 2.23. The van der Waals surface area contributed by atoms with Gasteiger partial charge in [-0.2, -0.15) is 4.98 Å². The number of para-hydroxylation sites is 1. The monoisotopic (exact) mass is 739 g/mol. The van der Waals surface area contributed by atoms with Crippen molar-refractivity contribution in [3.8, 4) is 50.6 Å². The van der Waals surface area contributed by atoms with Gasteiger partial charge < -0.3 is 8.98 Å². The summed E-state index contributed by atoms with van der Waals surface area (Å²) in [5.41, 5.74) is 12.1. The van der Waals surface area contributed by atoms with E-state index in [9.17, 15) is 0 Å². The van der Waals surface area contributed by atoms with E-state index in [1.165, 1.54) is 32.6 Å². The maximum Gasteiger partial charge on any atom is 0.231 e. The van der Waals surface area contributed by atoms with E-state index < -0.39 is 0 Å². The van der Waals surface area contributed by atoms with Crippen molar-refractivity contribution in [3.05, 3.63) is 200 Å². The SMILES string of the molecule is c1ccc(-c2cc3oc4nc(-c5ccc(-n6c7ccccc7c7cc8ccccc8cc76)c6ccccc56)nc(-c5ccccc5)c4c3cc2-c2ccccc2)cc1. The van der Waals surface area contributed by atoms with Gasteiger partial charge in [-0.1, -0.05) is 158 Å². The largest absolute Gasteiger partial charge is 0.438 e. The number of hydrogen-bond acceptors (Lipinski definition) is 3. The molecule has 0 amide bonds. The van der Waals surface area contributed by atoms with Gasteiger partial charge in [0.1, 0.15) is 5.58 Å². The van der Waals surface area contributed by atoms with Crippen LogP contribution in [-0.2, 0) is 0 Å². The summed E-state index contributed by atoms with van der Waals surface area (Å²) in [5.74, 6) is 0.618. The predicted octanol–water partition coefficient (Wildman–Crippen LogP) is 14.4. The molecule has 9 aromatic carbocycles. The number of fused-ring (bicyclic) bond motifs is 8. The maximum atomic E-state index is 6.80. The van der Waals surface area contributed by atoms with Crippen LogP contribution >= 0.6 is 0 Å². The lowest BCUT2D eigenvalue weighted by Crippen LogP contribution is -1.98. The Bertz CT molecular complexity index is 3550. The molecule has 0 spiro atoms. The van der Waals surface area contributed by atoms with E-state index in [2.05, 4.69) is 199 Å². The average Bonchev–Trinajstić information content (AvgIpc) is 3.82. The summed E-state index contributed by atoms with van der Waals surface area (Å²) in [7, 11) is 0. The van der Waals surface area contributed by atoms with Gasteiger partial charge in [0.25, 0.3) is 0 Å². The van der Waals surface area contributed by atoms with Crippen LogP contribution in [-0.4, -0.2) is 14.5 Å². The van der Waals surface area contributed by atoms with E-state index in [4.69, 9.17) is 14.4 Å². The first-order chi connectivity index (χ1) is 28.8. The van der Waals surface area contributed by atoms with Crippen molar-refractivity contribution in [1.82, 2.24) is 14.5 Å². The van der Waals surface area contributed by atoms with Crippen molar-refractivity contribution in [2.45, 2.75) is 0 Å². The lowest BCUT2D eigenvalue weighted by atomic mass is 9.92. The standard InChI is InChI=1S/C54H33N3O/c1-4-16-34(17-5-1)43-32-46-50(33-44(43)35-18-6-2-7-19-35)58-54-51(46)52(36-20-8-3-9-21-36)55-53(56-54)42-28-29-48(40-25-13-12-24-39(40)42)57-47-27-15-14-26-41(47)45-30-37-22-10-11-23-38(37)31-49(45)57/h1-33H. The first-order valence-electron chi connectivity index (χ1n) is 19.7. The minimum Gasteiger partial charge on any atom is -0.438 e. The molecule has 0 aliphatic heterocycles. The summed E-state index contributed by atoms with van der Waals surface area (Å²) < 4.78 is 9.21.